The Balaban J connectivity index is 1.57. The van der Waals surface area contributed by atoms with E-state index in [9.17, 15) is 33.0 Å². The first-order valence-electron chi connectivity index (χ1n) is 12.6. The van der Waals surface area contributed by atoms with E-state index < -0.39 is 29.2 Å². The van der Waals surface area contributed by atoms with E-state index in [0.717, 1.165) is 25.0 Å². The Bertz CT molecular complexity index is 1230. The summed E-state index contributed by atoms with van der Waals surface area (Å²) in [7, 11) is 0. The van der Waals surface area contributed by atoms with Gasteiger partial charge in [-0.05, 0) is 92.5 Å². The third-order valence-electron chi connectivity index (χ3n) is 7.35. The number of alkyl halides is 3. The summed E-state index contributed by atoms with van der Waals surface area (Å²) in [6.45, 7) is 0.313. The van der Waals surface area contributed by atoms with Gasteiger partial charge in [-0.15, -0.1) is 0 Å². The lowest BCUT2D eigenvalue weighted by Crippen LogP contribution is -2.34. The zero-order chi connectivity index (χ0) is 27.5. The molecule has 0 radical (unpaired) electrons. The van der Waals surface area contributed by atoms with Gasteiger partial charge in [0, 0.05) is 6.54 Å². The number of hydrogen-bond acceptors (Lipinski definition) is 4. The highest BCUT2D eigenvalue weighted by atomic mass is 35.5. The van der Waals surface area contributed by atoms with E-state index in [1.54, 1.807) is 0 Å². The molecule has 1 aromatic carbocycles. The summed E-state index contributed by atoms with van der Waals surface area (Å²) in [4.78, 5) is 28.8. The second kappa shape index (κ2) is 11.4. The number of aliphatic hydroxyl groups is 1. The fourth-order valence-electron chi connectivity index (χ4n) is 5.06. The van der Waals surface area contributed by atoms with Crippen molar-refractivity contribution in [1.82, 2.24) is 14.9 Å². The molecule has 204 valence electrons. The summed E-state index contributed by atoms with van der Waals surface area (Å²) in [6, 6.07) is 4.55. The van der Waals surface area contributed by atoms with Gasteiger partial charge in [-0.25, -0.2) is 4.98 Å². The molecule has 2 aromatic rings. The van der Waals surface area contributed by atoms with Gasteiger partial charge in [0.05, 0.1) is 18.0 Å². The first kappa shape index (κ1) is 28.0. The molecular weight excluding hydrogens is 523 g/mol. The van der Waals surface area contributed by atoms with E-state index in [1.165, 1.54) is 16.7 Å². The highest BCUT2D eigenvalue weighted by Gasteiger charge is 2.31. The molecule has 11 heteroatoms. The molecule has 0 unspecified atom stereocenters. The van der Waals surface area contributed by atoms with Crippen molar-refractivity contribution < 1.29 is 33.0 Å². The average molecular weight is 552 g/mol. The molecule has 2 aliphatic carbocycles. The normalized spacial score (nSPS) is 21.0. The van der Waals surface area contributed by atoms with Crippen LogP contribution in [-0.2, 0) is 17.5 Å². The summed E-state index contributed by atoms with van der Waals surface area (Å²) < 4.78 is 40.3. The minimum atomic E-state index is -4.47. The van der Waals surface area contributed by atoms with Gasteiger partial charge in [-0.1, -0.05) is 18.1 Å². The summed E-state index contributed by atoms with van der Waals surface area (Å²) in [5.41, 5.74) is -1.34. The molecule has 2 saturated carbocycles. The minimum Gasteiger partial charge on any atom is -0.481 e. The van der Waals surface area contributed by atoms with E-state index in [0.29, 0.717) is 50.6 Å². The number of hydrogen-bond donors (Lipinski definition) is 3. The molecule has 2 aliphatic rings. The Hall–Kier alpha value is -3.03. The predicted octanol–water partition coefficient (Wildman–Crippen LogP) is 4.88. The van der Waals surface area contributed by atoms with Crippen LogP contribution in [0.5, 0.6) is 0 Å². The third-order valence-corrected chi connectivity index (χ3v) is 7.64. The van der Waals surface area contributed by atoms with E-state index >= 15 is 0 Å². The van der Waals surface area contributed by atoms with Gasteiger partial charge in [0.2, 0.25) is 5.28 Å². The lowest BCUT2D eigenvalue weighted by molar-refractivity contribution is -0.143. The Morgan fingerprint density at radius 2 is 1.76 bits per heavy atom. The lowest BCUT2D eigenvalue weighted by Gasteiger charge is -2.26. The van der Waals surface area contributed by atoms with Crippen LogP contribution < -0.4 is 5.32 Å². The Morgan fingerprint density at radius 1 is 1.13 bits per heavy atom. The molecule has 38 heavy (non-hydrogen) atoms. The largest absolute Gasteiger partial charge is 0.481 e. The minimum absolute atomic E-state index is 0.0115. The number of nitrogens with zero attached hydrogens (tertiary/aromatic N) is 2. The highest BCUT2D eigenvalue weighted by Crippen LogP contribution is 2.31. The maximum Gasteiger partial charge on any atom is 0.416 e. The smallest absolute Gasteiger partial charge is 0.416 e. The zero-order valence-electron chi connectivity index (χ0n) is 20.7. The van der Waals surface area contributed by atoms with Gasteiger partial charge in [-0.3, -0.25) is 9.59 Å². The molecule has 0 spiro atoms. The Kier molecular flexibility index (Phi) is 8.38. The van der Waals surface area contributed by atoms with E-state index in [2.05, 4.69) is 22.1 Å². The van der Waals surface area contributed by atoms with Crippen molar-refractivity contribution in [2.45, 2.75) is 69.7 Å². The van der Waals surface area contributed by atoms with E-state index in [-0.39, 0.29) is 35.1 Å². The Morgan fingerprint density at radius 3 is 2.34 bits per heavy atom. The molecule has 7 nitrogen and oxygen atoms in total. The first-order valence-corrected chi connectivity index (χ1v) is 13.0. The maximum atomic E-state index is 13.4. The number of amides is 1. The molecule has 3 N–H and O–H groups in total. The fraction of sp³-hybridized carbons (Fsp3) is 0.519. The van der Waals surface area contributed by atoms with Gasteiger partial charge >= 0.3 is 12.1 Å². The lowest BCUT2D eigenvalue weighted by atomic mass is 9.82. The van der Waals surface area contributed by atoms with Crippen LogP contribution in [0.2, 0.25) is 5.28 Å². The summed E-state index contributed by atoms with van der Waals surface area (Å²) >= 11 is 6.38. The molecular formula is C27H29ClF3N3O4. The second-order valence-corrected chi connectivity index (χ2v) is 10.5. The molecule has 1 amide bonds. The van der Waals surface area contributed by atoms with Crippen LogP contribution in [0.3, 0.4) is 0 Å². The number of benzene rings is 1. The SMILES string of the molecule is O=C(NC[C@H]1CC[C@H](C(=O)O)CC1)c1c(C#CC2(O)CCCC2)nc(Cl)n1Cc1ccc(C(F)(F)F)cc1. The maximum absolute atomic E-state index is 13.4. The number of rotatable bonds is 6. The van der Waals surface area contributed by atoms with Crippen LogP contribution in [0.4, 0.5) is 13.2 Å². The number of carboxylic acid groups (broad SMARTS) is 1. The number of carboxylic acids is 1. The summed E-state index contributed by atoms with van der Waals surface area (Å²) in [5, 5.41) is 22.7. The number of halogens is 4. The topological polar surface area (TPSA) is 104 Å². The summed E-state index contributed by atoms with van der Waals surface area (Å²) in [5.74, 6) is 4.09. The van der Waals surface area contributed by atoms with Gasteiger partial charge in [0.25, 0.3) is 5.91 Å². The third kappa shape index (κ3) is 6.69. The van der Waals surface area contributed by atoms with Gasteiger partial charge in [0.1, 0.15) is 17.0 Å². The van der Waals surface area contributed by atoms with Crippen molar-refractivity contribution in [3.63, 3.8) is 0 Å². The number of imidazole rings is 1. The van der Waals surface area contributed by atoms with Crippen molar-refractivity contribution >= 4 is 23.5 Å². The molecule has 0 atom stereocenters. The monoisotopic (exact) mass is 551 g/mol. The predicted molar refractivity (Wildman–Crippen MR) is 133 cm³/mol. The number of nitrogens with one attached hydrogen (secondary N) is 1. The van der Waals surface area contributed by atoms with Crippen LogP contribution in [-0.4, -0.2) is 43.8 Å². The second-order valence-electron chi connectivity index (χ2n) is 10.1. The number of carbonyl (C=O) groups is 2. The number of carbonyl (C=O) groups excluding carboxylic acids is 1. The standard InChI is InChI=1S/C27H29ClF3N3O4/c28-25-33-21(11-14-26(38)12-1-2-13-26)22(23(35)32-15-17-3-7-19(8-4-17)24(36)37)34(25)16-18-5-9-20(10-6-18)27(29,30)31/h5-6,9-10,17,19,38H,1-4,7-8,12-13,15-16H2,(H,32,35)(H,36,37)/t17-,19-. The molecule has 2 fully saturated rings. The molecule has 4 rings (SSSR count). The molecule has 1 aromatic heterocycles. The van der Waals surface area contributed by atoms with Gasteiger partial charge in [-0.2, -0.15) is 13.2 Å². The number of aromatic nitrogens is 2. The van der Waals surface area contributed by atoms with Crippen molar-refractivity contribution in [3.8, 4) is 11.8 Å². The van der Waals surface area contributed by atoms with Crippen molar-refractivity contribution in [3.05, 3.63) is 52.1 Å². The van der Waals surface area contributed by atoms with Gasteiger partial charge in [0.15, 0.2) is 0 Å². The van der Waals surface area contributed by atoms with Crippen LogP contribution in [0.1, 0.15) is 78.7 Å². The fourth-order valence-corrected chi connectivity index (χ4v) is 5.29. The average Bonchev–Trinajstić information content (AvgIpc) is 3.44. The molecule has 0 aliphatic heterocycles. The summed E-state index contributed by atoms with van der Waals surface area (Å²) in [6.07, 6.45) is 0.665. The van der Waals surface area contributed by atoms with E-state index in [1.807, 2.05) is 0 Å². The van der Waals surface area contributed by atoms with Crippen molar-refractivity contribution in [1.29, 1.82) is 0 Å². The van der Waals surface area contributed by atoms with Gasteiger partial charge < -0.3 is 20.1 Å². The van der Waals surface area contributed by atoms with Crippen LogP contribution in [0.15, 0.2) is 24.3 Å². The first-order chi connectivity index (χ1) is 17.9. The van der Waals surface area contributed by atoms with Crippen LogP contribution in [0.25, 0.3) is 0 Å². The highest BCUT2D eigenvalue weighted by molar-refractivity contribution is 6.29. The zero-order valence-corrected chi connectivity index (χ0v) is 21.4. The molecule has 0 saturated heterocycles. The molecule has 1 heterocycles. The van der Waals surface area contributed by atoms with Crippen molar-refractivity contribution in [2.75, 3.05) is 6.54 Å². The Labute approximate surface area is 223 Å². The number of aliphatic carboxylic acids is 1. The quantitative estimate of drug-likeness (QED) is 0.444. The van der Waals surface area contributed by atoms with Crippen LogP contribution in [0, 0.1) is 23.7 Å². The van der Waals surface area contributed by atoms with E-state index in [4.69, 9.17) is 11.6 Å². The van der Waals surface area contributed by atoms with Crippen molar-refractivity contribution in [2.24, 2.45) is 11.8 Å². The molecule has 0 bridgehead atoms. The van der Waals surface area contributed by atoms with Crippen LogP contribution >= 0.6 is 11.6 Å².